The van der Waals surface area contributed by atoms with Crippen LogP contribution in [0.15, 0.2) is 58.8 Å². The van der Waals surface area contributed by atoms with Gasteiger partial charge in [0.15, 0.2) is 0 Å². The lowest BCUT2D eigenvalue weighted by Crippen LogP contribution is -2.17. The number of carbonyl (C=O) groups excluding carboxylic acids is 2. The normalized spacial score (nSPS) is 10.6. The number of aromatic nitrogens is 3. The average Bonchev–Trinajstić information content (AvgIpc) is 3.08. The van der Waals surface area contributed by atoms with Crippen molar-refractivity contribution in [1.82, 2.24) is 14.9 Å². The van der Waals surface area contributed by atoms with Gasteiger partial charge in [0.25, 0.3) is 0 Å². The molecule has 0 bridgehead atoms. The number of thioether (sulfide) groups is 2. The Morgan fingerprint density at radius 1 is 0.800 bits per heavy atom. The van der Waals surface area contributed by atoms with Crippen LogP contribution in [0, 0.1) is 13.8 Å². The van der Waals surface area contributed by atoms with Gasteiger partial charge in [-0.15, -0.1) is 10.2 Å². The molecule has 30 heavy (non-hydrogen) atoms. The molecule has 0 atom stereocenters. The topological polar surface area (TPSA) is 115 Å². The zero-order chi connectivity index (χ0) is 21.5. The molecule has 0 spiro atoms. The second-order valence-electron chi connectivity index (χ2n) is 6.54. The van der Waals surface area contributed by atoms with E-state index in [1.807, 2.05) is 62.4 Å². The zero-order valence-electron chi connectivity index (χ0n) is 16.6. The fraction of sp³-hybridized carbons (Fsp3) is 0.200. The summed E-state index contributed by atoms with van der Waals surface area (Å²) in [5.41, 5.74) is 3.71. The monoisotopic (exact) mass is 442 g/mol. The van der Waals surface area contributed by atoms with E-state index in [0.717, 1.165) is 22.5 Å². The number of amides is 2. The number of hydrogen-bond acceptors (Lipinski definition) is 7. The molecule has 10 heteroatoms. The van der Waals surface area contributed by atoms with Crippen molar-refractivity contribution in [1.29, 1.82) is 0 Å². The second-order valence-corrected chi connectivity index (χ2v) is 8.43. The summed E-state index contributed by atoms with van der Waals surface area (Å²) in [6.45, 7) is 3.97. The number of carbonyl (C=O) groups is 2. The quantitative estimate of drug-likeness (QED) is 0.363. The highest BCUT2D eigenvalue weighted by Gasteiger charge is 2.14. The van der Waals surface area contributed by atoms with Crippen LogP contribution in [0.5, 0.6) is 0 Å². The lowest BCUT2D eigenvalue weighted by atomic mass is 10.2. The molecule has 3 rings (SSSR count). The van der Waals surface area contributed by atoms with Gasteiger partial charge in [-0.1, -0.05) is 58.9 Å². The van der Waals surface area contributed by atoms with E-state index in [1.54, 1.807) is 0 Å². The summed E-state index contributed by atoms with van der Waals surface area (Å²) in [4.78, 5) is 24.2. The molecular weight excluding hydrogens is 420 g/mol. The first-order valence-corrected chi connectivity index (χ1v) is 11.1. The molecule has 2 aromatic carbocycles. The van der Waals surface area contributed by atoms with Crippen LogP contribution in [-0.4, -0.2) is 38.2 Å². The van der Waals surface area contributed by atoms with Gasteiger partial charge < -0.3 is 16.5 Å². The Balaban J connectivity index is 1.46. The number of rotatable bonds is 8. The van der Waals surface area contributed by atoms with Crippen molar-refractivity contribution in [2.75, 3.05) is 28.0 Å². The summed E-state index contributed by atoms with van der Waals surface area (Å²) in [6.07, 6.45) is 0. The van der Waals surface area contributed by atoms with Crippen molar-refractivity contribution in [3.05, 3.63) is 59.7 Å². The van der Waals surface area contributed by atoms with E-state index in [1.165, 1.54) is 28.2 Å². The minimum atomic E-state index is -0.168. The summed E-state index contributed by atoms with van der Waals surface area (Å²) < 4.78 is 1.29. The Labute approximate surface area is 183 Å². The molecule has 156 valence electrons. The zero-order valence-corrected chi connectivity index (χ0v) is 18.2. The van der Waals surface area contributed by atoms with Crippen molar-refractivity contribution < 1.29 is 9.59 Å². The fourth-order valence-electron chi connectivity index (χ4n) is 2.39. The Morgan fingerprint density at radius 3 is 1.53 bits per heavy atom. The largest absolute Gasteiger partial charge is 0.335 e. The molecule has 1 heterocycles. The molecule has 0 aliphatic heterocycles. The molecule has 0 radical (unpaired) electrons. The van der Waals surface area contributed by atoms with Crippen LogP contribution < -0.4 is 16.5 Å². The third-order valence-electron chi connectivity index (χ3n) is 3.97. The highest BCUT2D eigenvalue weighted by Crippen LogP contribution is 2.21. The Morgan fingerprint density at radius 2 is 1.17 bits per heavy atom. The Hall–Kier alpha value is -2.98. The van der Waals surface area contributed by atoms with Crippen molar-refractivity contribution >= 4 is 46.7 Å². The maximum atomic E-state index is 12.1. The lowest BCUT2D eigenvalue weighted by Gasteiger charge is -2.06. The van der Waals surface area contributed by atoms with E-state index in [4.69, 9.17) is 5.84 Å². The molecule has 2 amide bonds. The summed E-state index contributed by atoms with van der Waals surface area (Å²) in [5, 5.41) is 14.4. The molecule has 1 aromatic heterocycles. The number of anilines is 2. The summed E-state index contributed by atoms with van der Waals surface area (Å²) in [6, 6.07) is 15.1. The number of nitrogens with one attached hydrogen (secondary N) is 2. The van der Waals surface area contributed by atoms with Gasteiger partial charge in [0.05, 0.1) is 11.5 Å². The van der Waals surface area contributed by atoms with Crippen LogP contribution in [0.1, 0.15) is 11.1 Å². The van der Waals surface area contributed by atoms with E-state index in [2.05, 4.69) is 20.8 Å². The lowest BCUT2D eigenvalue weighted by molar-refractivity contribution is -0.114. The Kier molecular flexibility index (Phi) is 7.36. The molecule has 3 aromatic rings. The number of nitrogens with zero attached hydrogens (tertiary/aromatic N) is 3. The molecule has 0 unspecified atom stereocenters. The van der Waals surface area contributed by atoms with Gasteiger partial charge in [-0.2, -0.15) is 0 Å². The van der Waals surface area contributed by atoms with Crippen LogP contribution in [0.2, 0.25) is 0 Å². The van der Waals surface area contributed by atoms with Gasteiger partial charge in [-0.3, -0.25) is 9.59 Å². The number of benzene rings is 2. The maximum absolute atomic E-state index is 12.1. The summed E-state index contributed by atoms with van der Waals surface area (Å²) >= 11 is 2.35. The van der Waals surface area contributed by atoms with Gasteiger partial charge >= 0.3 is 0 Å². The minimum Gasteiger partial charge on any atom is -0.335 e. The van der Waals surface area contributed by atoms with Crippen molar-refractivity contribution in [2.45, 2.75) is 24.2 Å². The molecule has 0 fully saturated rings. The van der Waals surface area contributed by atoms with Crippen LogP contribution in [-0.2, 0) is 9.59 Å². The van der Waals surface area contributed by atoms with E-state index < -0.39 is 0 Å². The van der Waals surface area contributed by atoms with Crippen LogP contribution in [0.3, 0.4) is 0 Å². The van der Waals surface area contributed by atoms with Gasteiger partial charge in [0.2, 0.25) is 22.1 Å². The van der Waals surface area contributed by atoms with Crippen LogP contribution >= 0.6 is 23.5 Å². The van der Waals surface area contributed by atoms with Crippen molar-refractivity contribution in [2.24, 2.45) is 0 Å². The number of nitrogens with two attached hydrogens (primary N) is 1. The second kappa shape index (κ2) is 10.2. The summed E-state index contributed by atoms with van der Waals surface area (Å²) in [5.74, 6) is 5.95. The van der Waals surface area contributed by atoms with Crippen molar-refractivity contribution in [3.63, 3.8) is 0 Å². The van der Waals surface area contributed by atoms with Crippen LogP contribution in [0.4, 0.5) is 11.4 Å². The smallest absolute Gasteiger partial charge is 0.234 e. The summed E-state index contributed by atoms with van der Waals surface area (Å²) in [7, 11) is 0. The van der Waals surface area contributed by atoms with Crippen molar-refractivity contribution in [3.8, 4) is 0 Å². The van der Waals surface area contributed by atoms with Gasteiger partial charge in [0.1, 0.15) is 0 Å². The third-order valence-corrected chi connectivity index (χ3v) is 5.85. The highest BCUT2D eigenvalue weighted by atomic mass is 32.2. The first-order chi connectivity index (χ1) is 14.4. The van der Waals surface area contributed by atoms with Gasteiger partial charge in [0, 0.05) is 11.4 Å². The Bertz CT molecular complexity index is 938. The van der Waals surface area contributed by atoms with Crippen LogP contribution in [0.25, 0.3) is 0 Å². The average molecular weight is 443 g/mol. The highest BCUT2D eigenvalue weighted by molar-refractivity contribution is 8.00. The molecular formula is C20H22N6O2S2. The van der Waals surface area contributed by atoms with E-state index in [0.29, 0.717) is 10.3 Å². The van der Waals surface area contributed by atoms with Gasteiger partial charge in [-0.25, -0.2) is 4.68 Å². The first-order valence-electron chi connectivity index (χ1n) is 9.10. The SMILES string of the molecule is Cc1ccc(NC(=O)CSc2nnc(SCC(=O)Nc3ccc(C)cc3)n2N)cc1. The molecule has 8 nitrogen and oxygen atoms in total. The minimum absolute atomic E-state index is 0.141. The number of nitrogen functional groups attached to an aromatic ring is 1. The predicted octanol–water partition coefficient (Wildman–Crippen LogP) is 3.07. The fourth-order valence-corrected chi connectivity index (χ4v) is 3.76. The molecule has 0 aliphatic carbocycles. The molecule has 0 aliphatic rings. The molecule has 4 N–H and O–H groups in total. The van der Waals surface area contributed by atoms with E-state index in [-0.39, 0.29) is 23.3 Å². The van der Waals surface area contributed by atoms with Gasteiger partial charge in [-0.05, 0) is 38.1 Å². The predicted molar refractivity (Wildman–Crippen MR) is 121 cm³/mol. The first kappa shape index (κ1) is 21.7. The number of hydrogen-bond donors (Lipinski definition) is 3. The number of aryl methyl sites for hydroxylation is 2. The standard InChI is InChI=1S/C20H22N6O2S2/c1-13-3-7-15(8-4-13)22-17(27)11-29-19-24-25-20(26(19)21)30-12-18(28)23-16-9-5-14(2)6-10-16/h3-10H,11-12,21H2,1-2H3,(H,22,27)(H,23,28). The third kappa shape index (κ3) is 6.26. The molecule has 0 saturated carbocycles. The molecule has 0 saturated heterocycles. The maximum Gasteiger partial charge on any atom is 0.234 e. The van der Waals surface area contributed by atoms with E-state index >= 15 is 0 Å². The van der Waals surface area contributed by atoms with E-state index in [9.17, 15) is 9.59 Å².